The number of rotatable bonds is 2. The summed E-state index contributed by atoms with van der Waals surface area (Å²) in [7, 11) is 0. The summed E-state index contributed by atoms with van der Waals surface area (Å²) in [5.74, 6) is 0.553. The van der Waals surface area contributed by atoms with Crippen molar-refractivity contribution < 1.29 is 4.39 Å². The molecule has 1 aromatic heterocycles. The van der Waals surface area contributed by atoms with Gasteiger partial charge in [0.2, 0.25) is 0 Å². The van der Waals surface area contributed by atoms with Gasteiger partial charge >= 0.3 is 0 Å². The molecule has 0 aliphatic heterocycles. The Bertz CT molecular complexity index is 544. The van der Waals surface area contributed by atoms with Crippen molar-refractivity contribution in [3.63, 3.8) is 0 Å². The lowest BCUT2D eigenvalue weighted by Crippen LogP contribution is -1.96. The first-order valence-electron chi connectivity index (χ1n) is 5.61. The predicted molar refractivity (Wildman–Crippen MR) is 67.2 cm³/mol. The molecule has 0 saturated carbocycles. The topological polar surface area (TPSA) is 54.7 Å². The second kappa shape index (κ2) is 4.20. The average molecular weight is 233 g/mol. The van der Waals surface area contributed by atoms with Crippen LogP contribution in [0, 0.1) is 12.7 Å². The highest BCUT2D eigenvalue weighted by molar-refractivity contribution is 5.71. The molecule has 0 aliphatic carbocycles. The Balaban J connectivity index is 2.61. The molecule has 3 N–H and O–H groups in total. The van der Waals surface area contributed by atoms with Crippen LogP contribution in [0.1, 0.15) is 30.9 Å². The van der Waals surface area contributed by atoms with Gasteiger partial charge in [0.25, 0.3) is 0 Å². The van der Waals surface area contributed by atoms with Crippen molar-refractivity contribution in [1.29, 1.82) is 0 Å². The summed E-state index contributed by atoms with van der Waals surface area (Å²) >= 11 is 0. The van der Waals surface area contributed by atoms with Gasteiger partial charge in [0.05, 0.1) is 5.69 Å². The maximum atomic E-state index is 13.1. The van der Waals surface area contributed by atoms with Gasteiger partial charge in [0.1, 0.15) is 11.6 Å². The maximum absolute atomic E-state index is 13.1. The molecule has 1 aromatic carbocycles. The van der Waals surface area contributed by atoms with Gasteiger partial charge in [-0.1, -0.05) is 13.8 Å². The Hall–Kier alpha value is -1.84. The molecule has 2 rings (SSSR count). The van der Waals surface area contributed by atoms with Crippen LogP contribution < -0.4 is 5.73 Å². The van der Waals surface area contributed by atoms with Crippen LogP contribution in [0.4, 0.5) is 10.2 Å². The summed E-state index contributed by atoms with van der Waals surface area (Å²) in [5, 5.41) is 6.97. The summed E-state index contributed by atoms with van der Waals surface area (Å²) < 4.78 is 13.1. The lowest BCUT2D eigenvalue weighted by atomic mass is 9.96. The number of H-pyrrole nitrogens is 1. The van der Waals surface area contributed by atoms with Gasteiger partial charge in [-0.15, -0.1) is 0 Å². The molecular weight excluding hydrogens is 217 g/mol. The van der Waals surface area contributed by atoms with Crippen LogP contribution in [0.25, 0.3) is 11.3 Å². The molecule has 90 valence electrons. The van der Waals surface area contributed by atoms with Crippen molar-refractivity contribution in [2.75, 3.05) is 5.73 Å². The van der Waals surface area contributed by atoms with Crippen molar-refractivity contribution in [2.24, 2.45) is 0 Å². The third kappa shape index (κ3) is 2.02. The second-order valence-electron chi connectivity index (χ2n) is 4.51. The van der Waals surface area contributed by atoms with Crippen molar-refractivity contribution in [3.8, 4) is 11.3 Å². The van der Waals surface area contributed by atoms with Crippen LogP contribution in [-0.2, 0) is 0 Å². The fraction of sp³-hybridized carbons (Fsp3) is 0.308. The number of aryl methyl sites for hydroxylation is 1. The molecule has 0 saturated heterocycles. The first-order chi connectivity index (χ1) is 8.00. The van der Waals surface area contributed by atoms with E-state index in [4.69, 9.17) is 5.73 Å². The largest absolute Gasteiger partial charge is 0.382 e. The predicted octanol–water partition coefficient (Wildman–Crippen LogP) is 3.23. The van der Waals surface area contributed by atoms with Crippen LogP contribution in [0.2, 0.25) is 0 Å². The number of nitrogens with two attached hydrogens (primary N) is 1. The lowest BCUT2D eigenvalue weighted by molar-refractivity contribution is 0.627. The van der Waals surface area contributed by atoms with Gasteiger partial charge in [-0.05, 0) is 36.6 Å². The SMILES string of the molecule is Cc1cc(F)ccc1-c1[nH]nc(N)c1C(C)C. The van der Waals surface area contributed by atoms with E-state index in [1.54, 1.807) is 6.07 Å². The number of aromatic amines is 1. The number of benzene rings is 1. The zero-order chi connectivity index (χ0) is 12.6. The summed E-state index contributed by atoms with van der Waals surface area (Å²) in [6.45, 7) is 5.99. The molecule has 0 aliphatic rings. The number of nitrogens with zero attached hydrogens (tertiary/aromatic N) is 1. The monoisotopic (exact) mass is 233 g/mol. The number of hydrogen-bond donors (Lipinski definition) is 2. The molecule has 0 fully saturated rings. The highest BCUT2D eigenvalue weighted by atomic mass is 19.1. The maximum Gasteiger partial charge on any atom is 0.149 e. The van der Waals surface area contributed by atoms with Crippen LogP contribution in [0.5, 0.6) is 0 Å². The summed E-state index contributed by atoms with van der Waals surface area (Å²) in [5.41, 5.74) is 9.53. The number of nitrogens with one attached hydrogen (secondary N) is 1. The van der Waals surface area contributed by atoms with Crippen molar-refractivity contribution >= 4 is 5.82 Å². The van der Waals surface area contributed by atoms with Gasteiger partial charge < -0.3 is 5.73 Å². The van der Waals surface area contributed by atoms with Crippen molar-refractivity contribution in [2.45, 2.75) is 26.7 Å². The molecule has 0 radical (unpaired) electrons. The van der Waals surface area contributed by atoms with Crippen LogP contribution >= 0.6 is 0 Å². The van der Waals surface area contributed by atoms with Gasteiger partial charge in [-0.2, -0.15) is 5.10 Å². The van der Waals surface area contributed by atoms with E-state index in [-0.39, 0.29) is 11.7 Å². The fourth-order valence-corrected chi connectivity index (χ4v) is 2.06. The molecule has 0 unspecified atom stereocenters. The molecule has 1 heterocycles. The highest BCUT2D eigenvalue weighted by Crippen LogP contribution is 2.33. The van der Waals surface area contributed by atoms with E-state index in [1.165, 1.54) is 12.1 Å². The van der Waals surface area contributed by atoms with E-state index in [0.29, 0.717) is 5.82 Å². The Kier molecular flexibility index (Phi) is 2.88. The molecule has 4 heteroatoms. The summed E-state index contributed by atoms with van der Waals surface area (Å²) in [4.78, 5) is 0. The summed E-state index contributed by atoms with van der Waals surface area (Å²) in [6, 6.07) is 4.71. The van der Waals surface area contributed by atoms with Gasteiger partial charge in [0.15, 0.2) is 0 Å². The zero-order valence-corrected chi connectivity index (χ0v) is 10.2. The highest BCUT2D eigenvalue weighted by Gasteiger charge is 2.17. The Morgan fingerprint density at radius 3 is 2.65 bits per heavy atom. The van der Waals surface area contributed by atoms with E-state index < -0.39 is 0 Å². The minimum absolute atomic E-state index is 0.232. The summed E-state index contributed by atoms with van der Waals surface area (Å²) in [6.07, 6.45) is 0. The molecule has 0 amide bonds. The molecule has 0 spiro atoms. The van der Waals surface area contributed by atoms with Gasteiger partial charge in [-0.25, -0.2) is 4.39 Å². The molecular formula is C13H16FN3. The van der Waals surface area contributed by atoms with Crippen molar-refractivity contribution in [1.82, 2.24) is 10.2 Å². The number of halogens is 1. The van der Waals surface area contributed by atoms with E-state index >= 15 is 0 Å². The number of hydrogen-bond acceptors (Lipinski definition) is 2. The van der Waals surface area contributed by atoms with Gasteiger partial charge in [0, 0.05) is 11.1 Å². The minimum atomic E-state index is -0.232. The zero-order valence-electron chi connectivity index (χ0n) is 10.2. The Morgan fingerprint density at radius 2 is 2.06 bits per heavy atom. The molecule has 17 heavy (non-hydrogen) atoms. The number of nitrogen functional groups attached to an aromatic ring is 1. The third-order valence-corrected chi connectivity index (χ3v) is 2.87. The fourth-order valence-electron chi connectivity index (χ4n) is 2.06. The first kappa shape index (κ1) is 11.6. The van der Waals surface area contributed by atoms with Crippen LogP contribution in [0.15, 0.2) is 18.2 Å². The van der Waals surface area contributed by atoms with Gasteiger partial charge in [-0.3, -0.25) is 5.10 Å². The standard InChI is InChI=1S/C13H16FN3/c1-7(2)11-12(16-17-13(11)15)10-5-4-9(14)6-8(10)3/h4-7H,1-3H3,(H3,15,16,17). The van der Waals surface area contributed by atoms with E-state index in [1.807, 2.05) is 6.92 Å². The molecule has 2 aromatic rings. The molecule has 3 nitrogen and oxygen atoms in total. The minimum Gasteiger partial charge on any atom is -0.382 e. The third-order valence-electron chi connectivity index (χ3n) is 2.87. The Labute approximate surface area is 99.9 Å². The van der Waals surface area contributed by atoms with Crippen LogP contribution in [-0.4, -0.2) is 10.2 Å². The van der Waals surface area contributed by atoms with E-state index in [0.717, 1.165) is 22.4 Å². The second-order valence-corrected chi connectivity index (χ2v) is 4.51. The smallest absolute Gasteiger partial charge is 0.149 e. The quantitative estimate of drug-likeness (QED) is 0.836. The van der Waals surface area contributed by atoms with Crippen LogP contribution in [0.3, 0.4) is 0 Å². The average Bonchev–Trinajstić information content (AvgIpc) is 2.60. The number of aromatic nitrogens is 2. The van der Waals surface area contributed by atoms with Crippen molar-refractivity contribution in [3.05, 3.63) is 35.1 Å². The lowest BCUT2D eigenvalue weighted by Gasteiger charge is -2.09. The Morgan fingerprint density at radius 1 is 1.35 bits per heavy atom. The first-order valence-corrected chi connectivity index (χ1v) is 5.61. The molecule has 0 bridgehead atoms. The normalized spacial score (nSPS) is 11.1. The van der Waals surface area contributed by atoms with E-state index in [9.17, 15) is 4.39 Å². The number of anilines is 1. The van der Waals surface area contributed by atoms with E-state index in [2.05, 4.69) is 24.0 Å². The molecule has 0 atom stereocenters.